The van der Waals surface area contributed by atoms with E-state index in [1.54, 1.807) is 36.4 Å². The molecular weight excluding hydrogens is 412 g/mol. The molecule has 5 N–H and O–H groups in total. The summed E-state index contributed by atoms with van der Waals surface area (Å²) in [6.07, 6.45) is 2.06. The predicted octanol–water partition coefficient (Wildman–Crippen LogP) is 0.879. The van der Waals surface area contributed by atoms with Crippen molar-refractivity contribution in [1.82, 2.24) is 15.2 Å². The zero-order valence-electron chi connectivity index (χ0n) is 17.6. The van der Waals surface area contributed by atoms with Crippen molar-refractivity contribution >= 4 is 29.1 Å². The van der Waals surface area contributed by atoms with Crippen LogP contribution in [-0.2, 0) is 16.1 Å². The molecule has 10 nitrogen and oxygen atoms in total. The third-order valence-corrected chi connectivity index (χ3v) is 5.39. The van der Waals surface area contributed by atoms with Crippen LogP contribution < -0.4 is 26.6 Å². The number of piperidine rings is 1. The Bertz CT molecular complexity index is 1120. The Morgan fingerprint density at radius 1 is 1.31 bits per heavy atom. The average Bonchev–Trinajstić information content (AvgIpc) is 3.09. The Kier molecular flexibility index (Phi) is 5.78. The van der Waals surface area contributed by atoms with Gasteiger partial charge < -0.3 is 15.4 Å². The summed E-state index contributed by atoms with van der Waals surface area (Å²) in [5.74, 6) is 5.66. The van der Waals surface area contributed by atoms with Crippen LogP contribution in [0.5, 0.6) is 5.88 Å². The molecule has 0 bridgehead atoms. The molecule has 1 atom stereocenters. The summed E-state index contributed by atoms with van der Waals surface area (Å²) in [5, 5.41) is 3.65. The van der Waals surface area contributed by atoms with Crippen molar-refractivity contribution in [3.05, 3.63) is 59.4 Å². The van der Waals surface area contributed by atoms with E-state index in [0.717, 1.165) is 5.56 Å². The van der Waals surface area contributed by atoms with Gasteiger partial charge in [0.25, 0.3) is 5.91 Å². The first-order chi connectivity index (χ1) is 15.4. The number of pyridine rings is 1. The number of rotatable bonds is 6. The second-order valence-electron chi connectivity index (χ2n) is 7.53. The van der Waals surface area contributed by atoms with E-state index >= 15 is 0 Å². The number of aromatic nitrogens is 1. The van der Waals surface area contributed by atoms with Crippen LogP contribution >= 0.6 is 0 Å². The average molecular weight is 436 g/mol. The number of anilines is 1. The standard InChI is InChI=1S/C22H24N6O4/c1-2-32-20-5-3-4-17(25-20)16(23)12-28(24)14-6-7-15-13(10-14)11-27(22(15)31)18-8-9-19(29)26-21(18)30/h3-7,10,12,18H,2,8-9,11,23-24H2,1H3,(H,26,29,30)/b16-12-. The first kappa shape index (κ1) is 21.3. The van der Waals surface area contributed by atoms with Crippen LogP contribution in [-0.4, -0.2) is 40.3 Å². The number of imide groups is 1. The largest absolute Gasteiger partial charge is 0.478 e. The fraction of sp³-hybridized carbons (Fsp3) is 0.273. The molecule has 166 valence electrons. The first-order valence-electron chi connectivity index (χ1n) is 10.3. The third kappa shape index (κ3) is 4.12. The van der Waals surface area contributed by atoms with Gasteiger partial charge in [0.15, 0.2) is 0 Å². The van der Waals surface area contributed by atoms with Gasteiger partial charge in [-0.15, -0.1) is 0 Å². The fourth-order valence-electron chi connectivity index (χ4n) is 3.82. The molecule has 4 rings (SSSR count). The Morgan fingerprint density at radius 3 is 2.88 bits per heavy atom. The van der Waals surface area contributed by atoms with E-state index in [-0.39, 0.29) is 24.8 Å². The molecule has 1 saturated heterocycles. The lowest BCUT2D eigenvalue weighted by molar-refractivity contribution is -0.136. The van der Waals surface area contributed by atoms with Crippen molar-refractivity contribution in [2.45, 2.75) is 32.4 Å². The van der Waals surface area contributed by atoms with E-state index in [4.69, 9.17) is 16.3 Å². The van der Waals surface area contributed by atoms with Gasteiger partial charge in [-0.05, 0) is 43.2 Å². The number of hydrazine groups is 1. The Labute approximate surface area is 184 Å². The molecule has 32 heavy (non-hydrogen) atoms. The van der Waals surface area contributed by atoms with Crippen molar-refractivity contribution in [2.24, 2.45) is 11.6 Å². The van der Waals surface area contributed by atoms with Gasteiger partial charge in [0.05, 0.1) is 23.7 Å². The molecule has 1 aromatic heterocycles. The van der Waals surface area contributed by atoms with Crippen molar-refractivity contribution in [2.75, 3.05) is 11.6 Å². The van der Waals surface area contributed by atoms with E-state index in [9.17, 15) is 14.4 Å². The normalized spacial score (nSPS) is 18.4. The molecule has 1 unspecified atom stereocenters. The molecule has 0 aliphatic carbocycles. The number of nitrogens with one attached hydrogen (secondary N) is 1. The minimum atomic E-state index is -0.663. The number of amides is 3. The van der Waals surface area contributed by atoms with Crippen LogP contribution in [0.1, 0.15) is 41.4 Å². The Balaban J connectivity index is 1.52. The SMILES string of the molecule is CCOc1cccc(/C(N)=C/N(N)c2ccc3c(c2)CN(C2CCC(=O)NC2=O)C3=O)n1. The number of ether oxygens (including phenoxy) is 1. The molecule has 0 saturated carbocycles. The molecule has 2 aliphatic heterocycles. The van der Waals surface area contributed by atoms with Crippen LogP contribution in [0.15, 0.2) is 42.6 Å². The maximum Gasteiger partial charge on any atom is 0.255 e. The van der Waals surface area contributed by atoms with Gasteiger partial charge in [-0.25, -0.2) is 10.8 Å². The van der Waals surface area contributed by atoms with E-state index < -0.39 is 11.9 Å². The Hall–Kier alpha value is -3.92. The number of carbonyl (C=O) groups excluding carboxylic acids is 3. The zero-order chi connectivity index (χ0) is 22.8. The summed E-state index contributed by atoms with van der Waals surface area (Å²) in [4.78, 5) is 42.3. The number of benzene rings is 1. The van der Waals surface area contributed by atoms with E-state index in [0.29, 0.717) is 41.5 Å². The zero-order valence-corrected chi connectivity index (χ0v) is 17.6. The summed E-state index contributed by atoms with van der Waals surface area (Å²) in [7, 11) is 0. The molecular formula is C22H24N6O4. The summed E-state index contributed by atoms with van der Waals surface area (Å²) in [6.45, 7) is 2.63. The highest BCUT2D eigenvalue weighted by molar-refractivity contribution is 6.05. The maximum absolute atomic E-state index is 12.8. The van der Waals surface area contributed by atoms with E-state index in [2.05, 4.69) is 10.3 Å². The number of nitrogens with two attached hydrogens (primary N) is 2. The highest BCUT2D eigenvalue weighted by atomic mass is 16.5. The van der Waals surface area contributed by atoms with Crippen LogP contribution in [0, 0.1) is 0 Å². The summed E-state index contributed by atoms with van der Waals surface area (Å²) in [6, 6.07) is 9.79. The van der Waals surface area contributed by atoms with Gasteiger partial charge >= 0.3 is 0 Å². The second kappa shape index (κ2) is 8.67. The molecule has 10 heteroatoms. The topological polar surface area (TPSA) is 144 Å². The Morgan fingerprint density at radius 2 is 2.12 bits per heavy atom. The van der Waals surface area contributed by atoms with Crippen molar-refractivity contribution in [1.29, 1.82) is 0 Å². The minimum absolute atomic E-state index is 0.209. The monoisotopic (exact) mass is 436 g/mol. The third-order valence-electron chi connectivity index (χ3n) is 5.39. The smallest absolute Gasteiger partial charge is 0.255 e. The van der Waals surface area contributed by atoms with E-state index in [1.807, 2.05) is 6.92 Å². The van der Waals surface area contributed by atoms with Crippen molar-refractivity contribution in [3.63, 3.8) is 0 Å². The van der Waals surface area contributed by atoms with Crippen LogP contribution in [0.3, 0.4) is 0 Å². The number of hydrogen-bond acceptors (Lipinski definition) is 8. The molecule has 0 spiro atoms. The molecule has 2 aromatic rings. The summed E-state index contributed by atoms with van der Waals surface area (Å²) >= 11 is 0. The highest BCUT2D eigenvalue weighted by Gasteiger charge is 2.39. The molecule has 1 fully saturated rings. The van der Waals surface area contributed by atoms with Crippen molar-refractivity contribution in [3.8, 4) is 5.88 Å². The van der Waals surface area contributed by atoms with Gasteiger partial charge in [0.1, 0.15) is 6.04 Å². The quantitative estimate of drug-likeness (QED) is 0.344. The van der Waals surface area contributed by atoms with E-state index in [1.165, 1.54) is 16.1 Å². The lowest BCUT2D eigenvalue weighted by atomic mass is 10.0. The molecule has 0 radical (unpaired) electrons. The summed E-state index contributed by atoms with van der Waals surface area (Å²) in [5.41, 5.74) is 8.90. The first-order valence-corrected chi connectivity index (χ1v) is 10.3. The lowest BCUT2D eigenvalue weighted by Gasteiger charge is -2.29. The fourth-order valence-corrected chi connectivity index (χ4v) is 3.82. The van der Waals surface area contributed by atoms with Crippen LogP contribution in [0.25, 0.3) is 5.70 Å². The van der Waals surface area contributed by atoms with Crippen molar-refractivity contribution < 1.29 is 19.1 Å². The number of carbonyl (C=O) groups is 3. The summed E-state index contributed by atoms with van der Waals surface area (Å²) < 4.78 is 5.40. The second-order valence-corrected chi connectivity index (χ2v) is 7.53. The molecule has 3 amide bonds. The molecule has 3 heterocycles. The van der Waals surface area contributed by atoms with Gasteiger partial charge in [-0.2, -0.15) is 0 Å². The molecule has 1 aromatic carbocycles. The van der Waals surface area contributed by atoms with Crippen LogP contribution in [0.4, 0.5) is 5.69 Å². The number of fused-ring (bicyclic) bond motifs is 1. The van der Waals surface area contributed by atoms with Gasteiger partial charge in [0, 0.05) is 30.8 Å². The van der Waals surface area contributed by atoms with Gasteiger partial charge in [0.2, 0.25) is 17.7 Å². The maximum atomic E-state index is 12.8. The number of hydrogen-bond donors (Lipinski definition) is 3. The van der Waals surface area contributed by atoms with Gasteiger partial charge in [-0.1, -0.05) is 6.07 Å². The minimum Gasteiger partial charge on any atom is -0.478 e. The van der Waals surface area contributed by atoms with Crippen LogP contribution in [0.2, 0.25) is 0 Å². The predicted molar refractivity (Wildman–Crippen MR) is 117 cm³/mol. The molecule has 2 aliphatic rings. The highest BCUT2D eigenvalue weighted by Crippen LogP contribution is 2.30. The lowest BCUT2D eigenvalue weighted by Crippen LogP contribution is -2.52. The van der Waals surface area contributed by atoms with Gasteiger partial charge in [-0.3, -0.25) is 24.7 Å². The number of nitrogens with zero attached hydrogens (tertiary/aromatic N) is 3.